The quantitative estimate of drug-likeness (QED) is 0.158. The summed E-state index contributed by atoms with van der Waals surface area (Å²) in [5.41, 5.74) is 13.7. The van der Waals surface area contributed by atoms with Crippen LogP contribution in [0.25, 0.3) is 67.5 Å². The van der Waals surface area contributed by atoms with E-state index in [4.69, 9.17) is 24.9 Å². The summed E-state index contributed by atoms with van der Waals surface area (Å²) in [4.78, 5) is 25.1. The average Bonchev–Trinajstić information content (AvgIpc) is 3.35. The molecule has 0 saturated heterocycles. The molecule has 1 atom stereocenters. The first kappa shape index (κ1) is 37.2. The molecule has 0 amide bonds. The van der Waals surface area contributed by atoms with Gasteiger partial charge < -0.3 is 5.32 Å². The molecule has 1 N–H and O–H groups in total. The highest BCUT2D eigenvalue weighted by Gasteiger charge is 2.22. The van der Waals surface area contributed by atoms with Crippen LogP contribution in [0.5, 0.6) is 0 Å². The molecule has 0 spiro atoms. The summed E-state index contributed by atoms with van der Waals surface area (Å²) in [5, 5.41) is 3.66. The second-order valence-electron chi connectivity index (χ2n) is 15.0. The summed E-state index contributed by atoms with van der Waals surface area (Å²) in [5.74, 6) is 3.37. The first-order valence-corrected chi connectivity index (χ1v) is 20.4. The van der Waals surface area contributed by atoms with Gasteiger partial charge in [-0.1, -0.05) is 194 Å². The minimum atomic E-state index is -0.297. The molecule has 8 aromatic carbocycles. The lowest BCUT2D eigenvalue weighted by Gasteiger charge is -2.24. The van der Waals surface area contributed by atoms with Crippen LogP contribution in [0, 0.1) is 6.92 Å². The van der Waals surface area contributed by atoms with Gasteiger partial charge in [0.2, 0.25) is 0 Å². The van der Waals surface area contributed by atoms with Crippen molar-refractivity contribution in [2.75, 3.05) is 0 Å². The molecule has 0 saturated carbocycles. The van der Waals surface area contributed by atoms with Crippen molar-refractivity contribution in [3.05, 3.63) is 235 Å². The highest BCUT2D eigenvalue weighted by Crippen LogP contribution is 2.33. The predicted octanol–water partition coefficient (Wildman–Crippen LogP) is 12.7. The molecule has 1 aliphatic rings. The predicted molar refractivity (Wildman–Crippen MR) is 249 cm³/mol. The van der Waals surface area contributed by atoms with Gasteiger partial charge >= 0.3 is 0 Å². The van der Waals surface area contributed by atoms with E-state index in [9.17, 15) is 0 Å². The number of aliphatic imine (C=N–C) groups is 2. The molecule has 0 bridgehead atoms. The Kier molecular flexibility index (Phi) is 10.1. The van der Waals surface area contributed by atoms with Gasteiger partial charge in [-0.15, -0.1) is 0 Å². The van der Waals surface area contributed by atoms with Gasteiger partial charge in [0.1, 0.15) is 12.0 Å². The van der Waals surface area contributed by atoms with Crippen LogP contribution >= 0.6 is 0 Å². The molecule has 6 nitrogen and oxygen atoms in total. The minimum Gasteiger partial charge on any atom is -0.344 e. The van der Waals surface area contributed by atoms with Crippen LogP contribution in [0.15, 0.2) is 222 Å². The number of nitrogens with one attached hydrogen (secondary N) is 1. The number of amidine groups is 2. The zero-order chi connectivity index (χ0) is 41.0. The van der Waals surface area contributed by atoms with Gasteiger partial charge in [0.05, 0.1) is 0 Å². The van der Waals surface area contributed by atoms with Crippen LogP contribution in [0.4, 0.5) is 0 Å². The average molecular weight is 785 g/mol. The van der Waals surface area contributed by atoms with Gasteiger partial charge in [-0.2, -0.15) is 0 Å². The number of hydrogen-bond acceptors (Lipinski definition) is 6. The largest absolute Gasteiger partial charge is 0.344 e. The van der Waals surface area contributed by atoms with Crippen molar-refractivity contribution in [2.45, 2.75) is 13.1 Å². The lowest BCUT2D eigenvalue weighted by atomic mass is 9.94. The molecule has 2 heterocycles. The molecule has 9 aromatic rings. The summed E-state index contributed by atoms with van der Waals surface area (Å²) in [7, 11) is 0. The molecule has 1 unspecified atom stereocenters. The molecular weight excluding hydrogens is 745 g/mol. The third kappa shape index (κ3) is 8.03. The zero-order valence-corrected chi connectivity index (χ0v) is 33.5. The highest BCUT2D eigenvalue weighted by atomic mass is 15.2. The van der Waals surface area contributed by atoms with Crippen LogP contribution in [0.3, 0.4) is 0 Å². The Labute approximate surface area is 355 Å². The van der Waals surface area contributed by atoms with Crippen molar-refractivity contribution in [3.8, 4) is 67.5 Å². The fourth-order valence-corrected chi connectivity index (χ4v) is 7.70. The Morgan fingerprint density at radius 1 is 0.361 bits per heavy atom. The number of aromatic nitrogens is 3. The second kappa shape index (κ2) is 16.6. The topological polar surface area (TPSA) is 75.4 Å². The fourth-order valence-electron chi connectivity index (χ4n) is 7.70. The molecule has 6 heteroatoms. The lowest BCUT2D eigenvalue weighted by molar-refractivity contribution is 0.674. The van der Waals surface area contributed by atoms with Gasteiger partial charge in [0.15, 0.2) is 23.3 Å². The number of hydrogen-bond donors (Lipinski definition) is 1. The maximum Gasteiger partial charge on any atom is 0.164 e. The Morgan fingerprint density at radius 2 is 0.803 bits per heavy atom. The summed E-state index contributed by atoms with van der Waals surface area (Å²) in [6.07, 6.45) is -0.297. The van der Waals surface area contributed by atoms with Crippen molar-refractivity contribution >= 4 is 11.7 Å². The van der Waals surface area contributed by atoms with Gasteiger partial charge in [0.25, 0.3) is 0 Å². The van der Waals surface area contributed by atoms with Crippen molar-refractivity contribution in [3.63, 3.8) is 0 Å². The van der Waals surface area contributed by atoms with Crippen molar-refractivity contribution in [1.82, 2.24) is 20.3 Å². The molecule has 10 rings (SSSR count). The summed E-state index contributed by atoms with van der Waals surface area (Å²) < 4.78 is 0. The molecule has 0 fully saturated rings. The normalized spacial score (nSPS) is 13.5. The molecule has 290 valence electrons. The lowest BCUT2D eigenvalue weighted by Crippen LogP contribution is -2.33. The monoisotopic (exact) mass is 784 g/mol. The van der Waals surface area contributed by atoms with E-state index in [-0.39, 0.29) is 6.17 Å². The fraction of sp³-hybridized carbons (Fsp3) is 0.0364. The first-order chi connectivity index (χ1) is 30.1. The standard InChI is InChI=1S/C55H40N6/c1-37-28-29-48(55-60-52(42-22-12-5-13-23-42)57-53(61-55)43-32-30-39(31-33-43)38-16-6-2-7-17-38)36-49(37)46-26-14-24-44(34-46)45-25-15-27-47(35-45)54-58-50(40-18-8-3-9-19-40)56-51(59-54)41-20-10-4-11-21-41/h2-36,52H,1H3,(H,57,60,61). The van der Waals surface area contributed by atoms with Crippen LogP contribution in [-0.2, 0) is 0 Å². The third-order valence-electron chi connectivity index (χ3n) is 10.9. The Bertz CT molecular complexity index is 2980. The molecule has 0 radical (unpaired) electrons. The van der Waals surface area contributed by atoms with E-state index in [0.29, 0.717) is 23.3 Å². The van der Waals surface area contributed by atoms with E-state index in [2.05, 4.69) is 140 Å². The first-order valence-electron chi connectivity index (χ1n) is 20.4. The van der Waals surface area contributed by atoms with Crippen molar-refractivity contribution in [2.24, 2.45) is 9.98 Å². The van der Waals surface area contributed by atoms with Gasteiger partial charge in [0, 0.05) is 27.8 Å². The molecule has 1 aliphatic heterocycles. The van der Waals surface area contributed by atoms with Gasteiger partial charge in [-0.3, -0.25) is 0 Å². The van der Waals surface area contributed by atoms with Crippen molar-refractivity contribution < 1.29 is 0 Å². The molecule has 61 heavy (non-hydrogen) atoms. The van der Waals surface area contributed by atoms with E-state index >= 15 is 0 Å². The van der Waals surface area contributed by atoms with Crippen LogP contribution < -0.4 is 5.32 Å². The number of benzene rings is 8. The minimum absolute atomic E-state index is 0.297. The maximum atomic E-state index is 5.16. The van der Waals surface area contributed by atoms with Crippen LogP contribution in [0.1, 0.15) is 28.4 Å². The molecule has 0 aliphatic carbocycles. The summed E-state index contributed by atoms with van der Waals surface area (Å²) >= 11 is 0. The Hall–Kier alpha value is -8.09. The van der Waals surface area contributed by atoms with E-state index in [1.54, 1.807) is 0 Å². The number of rotatable bonds is 9. The van der Waals surface area contributed by atoms with E-state index in [0.717, 1.165) is 67.0 Å². The number of aryl methyl sites for hydroxylation is 1. The Morgan fingerprint density at radius 3 is 1.41 bits per heavy atom. The SMILES string of the molecule is Cc1ccc(C2=NC(c3ccc(-c4ccccc4)cc3)=NC(c3ccccc3)N2)cc1-c1cccc(-c2cccc(-c3nc(-c4ccccc4)nc(-c4ccccc4)n3)c2)c1. The smallest absolute Gasteiger partial charge is 0.164 e. The van der Waals surface area contributed by atoms with E-state index in [1.807, 2.05) is 84.9 Å². The van der Waals surface area contributed by atoms with Crippen molar-refractivity contribution in [1.29, 1.82) is 0 Å². The highest BCUT2D eigenvalue weighted by molar-refractivity contribution is 6.13. The van der Waals surface area contributed by atoms with E-state index in [1.165, 1.54) is 11.1 Å². The maximum absolute atomic E-state index is 5.16. The van der Waals surface area contributed by atoms with Crippen LogP contribution in [-0.4, -0.2) is 26.6 Å². The summed E-state index contributed by atoms with van der Waals surface area (Å²) in [6.45, 7) is 2.16. The summed E-state index contributed by atoms with van der Waals surface area (Å²) in [6, 6.07) is 73.1. The Balaban J connectivity index is 0.990. The van der Waals surface area contributed by atoms with Crippen LogP contribution in [0.2, 0.25) is 0 Å². The van der Waals surface area contributed by atoms with E-state index < -0.39 is 0 Å². The molecule has 1 aromatic heterocycles. The third-order valence-corrected chi connectivity index (χ3v) is 10.9. The number of nitrogens with zero attached hydrogens (tertiary/aromatic N) is 5. The molecular formula is C55H40N6. The van der Waals surface area contributed by atoms with Gasteiger partial charge in [-0.05, 0) is 69.6 Å². The zero-order valence-electron chi connectivity index (χ0n) is 33.5. The second-order valence-corrected chi connectivity index (χ2v) is 15.0. The van der Waals surface area contributed by atoms with Gasteiger partial charge in [-0.25, -0.2) is 24.9 Å².